The zero-order chi connectivity index (χ0) is 20.7. The molecule has 1 aromatic rings. The quantitative estimate of drug-likeness (QED) is 0.728. The summed E-state index contributed by atoms with van der Waals surface area (Å²) in [6.45, 7) is 9.76. The van der Waals surface area contributed by atoms with Crippen LogP contribution in [0.4, 0.5) is 9.18 Å². The third-order valence-electron chi connectivity index (χ3n) is 4.82. The van der Waals surface area contributed by atoms with Gasteiger partial charge in [-0.15, -0.1) is 0 Å². The van der Waals surface area contributed by atoms with E-state index in [-0.39, 0.29) is 23.7 Å². The van der Waals surface area contributed by atoms with E-state index in [2.05, 4.69) is 22.5 Å². The first kappa shape index (κ1) is 22.1. The van der Waals surface area contributed by atoms with Crippen LogP contribution in [0.2, 0.25) is 0 Å². The van der Waals surface area contributed by atoms with Crippen molar-refractivity contribution in [3.05, 3.63) is 35.6 Å². The van der Waals surface area contributed by atoms with Crippen LogP contribution >= 0.6 is 0 Å². The minimum absolute atomic E-state index is 0.00185. The number of amides is 2. The van der Waals surface area contributed by atoms with Gasteiger partial charge in [-0.05, 0) is 64.8 Å². The number of carbonyl (C=O) groups is 2. The molecule has 0 aromatic heterocycles. The van der Waals surface area contributed by atoms with Gasteiger partial charge in [0, 0.05) is 25.7 Å². The molecule has 7 heteroatoms. The Morgan fingerprint density at radius 2 is 1.86 bits per heavy atom. The summed E-state index contributed by atoms with van der Waals surface area (Å²) in [6, 6.07) is 6.66. The lowest BCUT2D eigenvalue weighted by Gasteiger charge is -2.36. The van der Waals surface area contributed by atoms with Crippen LogP contribution in [0.1, 0.15) is 52.1 Å². The summed E-state index contributed by atoms with van der Waals surface area (Å²) in [5.74, 6) is -0.327. The molecule has 1 aliphatic rings. The SMILES string of the molecule is CC(c1ccc(F)cc1)N1CCCC(C(=O)NCCNC(=O)OC(C)(C)C)C1. The lowest BCUT2D eigenvalue weighted by atomic mass is 9.94. The monoisotopic (exact) mass is 393 g/mol. The number of piperidine rings is 1. The highest BCUT2D eigenvalue weighted by Crippen LogP contribution is 2.26. The van der Waals surface area contributed by atoms with Crippen molar-refractivity contribution < 1.29 is 18.7 Å². The molecule has 2 rings (SSSR count). The van der Waals surface area contributed by atoms with Gasteiger partial charge in [-0.1, -0.05) is 12.1 Å². The molecular formula is C21H32FN3O3. The normalized spacial score (nSPS) is 19.0. The second-order valence-electron chi connectivity index (χ2n) is 8.28. The first-order valence-corrected chi connectivity index (χ1v) is 9.90. The highest BCUT2D eigenvalue weighted by atomic mass is 19.1. The fourth-order valence-electron chi connectivity index (χ4n) is 3.33. The Kier molecular flexibility index (Phi) is 7.80. The summed E-state index contributed by atoms with van der Waals surface area (Å²) in [5, 5.41) is 5.53. The molecule has 2 N–H and O–H groups in total. The van der Waals surface area contributed by atoms with Crippen LogP contribution < -0.4 is 10.6 Å². The Morgan fingerprint density at radius 3 is 2.50 bits per heavy atom. The highest BCUT2D eigenvalue weighted by Gasteiger charge is 2.28. The smallest absolute Gasteiger partial charge is 0.407 e. The van der Waals surface area contributed by atoms with Crippen molar-refractivity contribution in [1.82, 2.24) is 15.5 Å². The molecule has 2 atom stereocenters. The van der Waals surface area contributed by atoms with E-state index in [0.29, 0.717) is 19.6 Å². The second-order valence-corrected chi connectivity index (χ2v) is 8.28. The third kappa shape index (κ3) is 7.11. The highest BCUT2D eigenvalue weighted by molar-refractivity contribution is 5.79. The molecule has 1 heterocycles. The van der Waals surface area contributed by atoms with Crippen molar-refractivity contribution in [3.8, 4) is 0 Å². The minimum Gasteiger partial charge on any atom is -0.444 e. The minimum atomic E-state index is -0.542. The lowest BCUT2D eigenvalue weighted by molar-refractivity contribution is -0.127. The van der Waals surface area contributed by atoms with E-state index < -0.39 is 11.7 Å². The van der Waals surface area contributed by atoms with Gasteiger partial charge in [0.2, 0.25) is 5.91 Å². The molecule has 2 amide bonds. The predicted molar refractivity (Wildman–Crippen MR) is 106 cm³/mol. The third-order valence-corrected chi connectivity index (χ3v) is 4.82. The van der Waals surface area contributed by atoms with Gasteiger partial charge in [0.15, 0.2) is 0 Å². The summed E-state index contributed by atoms with van der Waals surface area (Å²) in [7, 11) is 0. The summed E-state index contributed by atoms with van der Waals surface area (Å²) in [4.78, 5) is 26.4. The second kappa shape index (κ2) is 9.87. The summed E-state index contributed by atoms with van der Waals surface area (Å²) < 4.78 is 18.3. The zero-order valence-corrected chi connectivity index (χ0v) is 17.3. The van der Waals surface area contributed by atoms with Gasteiger partial charge in [-0.25, -0.2) is 9.18 Å². The standard InChI is InChI=1S/C21H32FN3O3/c1-15(16-7-9-18(22)10-8-16)25-13-5-6-17(14-25)19(26)23-11-12-24-20(27)28-21(2,3)4/h7-10,15,17H,5-6,11-14H2,1-4H3,(H,23,26)(H,24,27). The van der Waals surface area contributed by atoms with Crippen LogP contribution in [0.15, 0.2) is 24.3 Å². The molecule has 0 radical (unpaired) electrons. The van der Waals surface area contributed by atoms with Gasteiger partial charge in [0.05, 0.1) is 5.92 Å². The van der Waals surface area contributed by atoms with Crippen molar-refractivity contribution in [3.63, 3.8) is 0 Å². The first-order chi connectivity index (χ1) is 13.2. The van der Waals surface area contributed by atoms with Crippen LogP contribution in [0.5, 0.6) is 0 Å². The maximum absolute atomic E-state index is 13.1. The maximum atomic E-state index is 13.1. The number of carbonyl (C=O) groups excluding carboxylic acids is 2. The van der Waals surface area contributed by atoms with Gasteiger partial charge in [0.25, 0.3) is 0 Å². The number of alkyl carbamates (subject to hydrolysis) is 1. The van der Waals surface area contributed by atoms with Crippen LogP contribution in [-0.2, 0) is 9.53 Å². The number of nitrogens with one attached hydrogen (secondary N) is 2. The molecule has 6 nitrogen and oxygen atoms in total. The van der Waals surface area contributed by atoms with Crippen molar-refractivity contribution in [2.45, 2.75) is 52.2 Å². The Morgan fingerprint density at radius 1 is 1.21 bits per heavy atom. The van der Waals surface area contributed by atoms with Crippen LogP contribution in [-0.4, -0.2) is 48.7 Å². The largest absolute Gasteiger partial charge is 0.444 e. The number of halogens is 1. The number of hydrogen-bond acceptors (Lipinski definition) is 4. The molecule has 1 saturated heterocycles. The van der Waals surface area contributed by atoms with E-state index in [4.69, 9.17) is 4.74 Å². The van der Waals surface area contributed by atoms with Gasteiger partial charge in [-0.3, -0.25) is 9.69 Å². The number of rotatable bonds is 6. The number of likely N-dealkylation sites (tertiary alicyclic amines) is 1. The molecule has 2 unspecified atom stereocenters. The van der Waals surface area contributed by atoms with Crippen LogP contribution in [0.3, 0.4) is 0 Å². The molecule has 1 aromatic carbocycles. The topological polar surface area (TPSA) is 70.7 Å². The predicted octanol–water partition coefficient (Wildman–Crippen LogP) is 3.24. The Balaban J connectivity index is 1.76. The average Bonchev–Trinajstić information content (AvgIpc) is 2.64. The molecular weight excluding hydrogens is 361 g/mol. The first-order valence-electron chi connectivity index (χ1n) is 9.90. The molecule has 1 fully saturated rings. The number of ether oxygens (including phenoxy) is 1. The van der Waals surface area contributed by atoms with E-state index in [1.807, 2.05) is 0 Å². The van der Waals surface area contributed by atoms with E-state index in [1.165, 1.54) is 12.1 Å². The Labute approximate surface area is 166 Å². The average molecular weight is 394 g/mol. The number of hydrogen-bond donors (Lipinski definition) is 2. The molecule has 0 spiro atoms. The van der Waals surface area contributed by atoms with Crippen molar-refractivity contribution >= 4 is 12.0 Å². The number of benzene rings is 1. The summed E-state index contributed by atoms with van der Waals surface area (Å²) >= 11 is 0. The molecule has 0 saturated carbocycles. The van der Waals surface area contributed by atoms with Crippen molar-refractivity contribution in [1.29, 1.82) is 0 Å². The van der Waals surface area contributed by atoms with Gasteiger partial charge < -0.3 is 15.4 Å². The van der Waals surface area contributed by atoms with Crippen molar-refractivity contribution in [2.75, 3.05) is 26.2 Å². The fourth-order valence-corrected chi connectivity index (χ4v) is 3.33. The fraction of sp³-hybridized carbons (Fsp3) is 0.619. The zero-order valence-electron chi connectivity index (χ0n) is 17.3. The maximum Gasteiger partial charge on any atom is 0.407 e. The van der Waals surface area contributed by atoms with E-state index in [1.54, 1.807) is 32.9 Å². The van der Waals surface area contributed by atoms with E-state index in [9.17, 15) is 14.0 Å². The number of nitrogens with zero attached hydrogens (tertiary/aromatic N) is 1. The Hall–Kier alpha value is -2.15. The molecule has 28 heavy (non-hydrogen) atoms. The van der Waals surface area contributed by atoms with Crippen LogP contribution in [0, 0.1) is 11.7 Å². The van der Waals surface area contributed by atoms with E-state index in [0.717, 1.165) is 24.9 Å². The molecule has 0 aliphatic carbocycles. The van der Waals surface area contributed by atoms with Gasteiger partial charge >= 0.3 is 6.09 Å². The van der Waals surface area contributed by atoms with Gasteiger partial charge in [-0.2, -0.15) is 0 Å². The molecule has 156 valence electrons. The summed E-state index contributed by atoms with van der Waals surface area (Å²) in [5.41, 5.74) is 0.504. The lowest BCUT2D eigenvalue weighted by Crippen LogP contribution is -2.45. The molecule has 1 aliphatic heterocycles. The van der Waals surface area contributed by atoms with Crippen LogP contribution in [0.25, 0.3) is 0 Å². The van der Waals surface area contributed by atoms with E-state index >= 15 is 0 Å². The van der Waals surface area contributed by atoms with Gasteiger partial charge in [0.1, 0.15) is 11.4 Å². The van der Waals surface area contributed by atoms with Crippen molar-refractivity contribution in [2.24, 2.45) is 5.92 Å². The summed E-state index contributed by atoms with van der Waals surface area (Å²) in [6.07, 6.45) is 1.30. The molecule has 0 bridgehead atoms. The Bertz CT molecular complexity index is 658.